The Morgan fingerprint density at radius 1 is 1.06 bits per heavy atom. The van der Waals surface area contributed by atoms with Crippen LogP contribution in [0.25, 0.3) is 0 Å². The van der Waals surface area contributed by atoms with Gasteiger partial charge in [-0.25, -0.2) is 8.42 Å². The number of nitro groups is 1. The van der Waals surface area contributed by atoms with E-state index in [2.05, 4.69) is 22.2 Å². The number of nitro benzene ring substituents is 1. The minimum absolute atomic E-state index is 0.0104. The first-order valence-corrected chi connectivity index (χ1v) is 12.3. The molecule has 3 aromatic rings. The number of non-ortho nitro benzene ring substituents is 1. The van der Waals surface area contributed by atoms with Gasteiger partial charge >= 0.3 is 0 Å². The maximum absolute atomic E-state index is 13.0. The number of nitrogens with one attached hydrogen (secondary N) is 2. The van der Waals surface area contributed by atoms with Crippen LogP contribution in [0.3, 0.4) is 0 Å². The summed E-state index contributed by atoms with van der Waals surface area (Å²) in [4.78, 5) is 11.0. The van der Waals surface area contributed by atoms with E-state index in [1.165, 1.54) is 6.07 Å². The Hall–Kier alpha value is -3.36. The van der Waals surface area contributed by atoms with Crippen molar-refractivity contribution in [1.29, 1.82) is 0 Å². The Morgan fingerprint density at radius 2 is 1.85 bits per heavy atom. The standard InChI is InChI=1S/C24H20ClN3O4S/c25-16-7-9-17(10-8-16)27-33(31,32)19-11-12-23-22(14-19)20-5-2-6-21(20)24(26-23)15-3-1-4-18(13-15)28(29)30/h1-5,7-14,20-21,24,26-27H,6H2/t20-,21+,24+/m0/s1. The summed E-state index contributed by atoms with van der Waals surface area (Å²) in [6.07, 6.45) is 4.98. The molecule has 168 valence electrons. The molecule has 2 aliphatic rings. The van der Waals surface area contributed by atoms with Gasteiger partial charge < -0.3 is 5.32 Å². The predicted molar refractivity (Wildman–Crippen MR) is 128 cm³/mol. The van der Waals surface area contributed by atoms with Gasteiger partial charge in [0, 0.05) is 34.4 Å². The molecule has 2 N–H and O–H groups in total. The van der Waals surface area contributed by atoms with E-state index < -0.39 is 14.9 Å². The van der Waals surface area contributed by atoms with E-state index in [1.807, 2.05) is 6.07 Å². The molecule has 1 aliphatic carbocycles. The van der Waals surface area contributed by atoms with Gasteiger partial charge in [0.15, 0.2) is 0 Å². The molecule has 7 nitrogen and oxygen atoms in total. The molecule has 0 radical (unpaired) electrons. The van der Waals surface area contributed by atoms with Crippen LogP contribution in [0.5, 0.6) is 0 Å². The minimum atomic E-state index is -3.79. The highest BCUT2D eigenvalue weighted by Gasteiger charge is 2.38. The molecule has 3 aromatic carbocycles. The molecule has 9 heteroatoms. The zero-order chi connectivity index (χ0) is 23.2. The SMILES string of the molecule is O=[N+]([O-])c1cccc([C@H]2Nc3ccc(S(=O)(=O)Nc4ccc(Cl)cc4)cc3[C@H]3C=CC[C@H]32)c1. The van der Waals surface area contributed by atoms with E-state index in [0.717, 1.165) is 23.2 Å². The van der Waals surface area contributed by atoms with Crippen LogP contribution in [-0.4, -0.2) is 13.3 Å². The first-order chi connectivity index (χ1) is 15.8. The molecular weight excluding hydrogens is 462 g/mol. The van der Waals surface area contributed by atoms with Crippen molar-refractivity contribution in [1.82, 2.24) is 0 Å². The Labute approximate surface area is 196 Å². The molecule has 0 fully saturated rings. The molecule has 5 rings (SSSR count). The monoisotopic (exact) mass is 481 g/mol. The van der Waals surface area contributed by atoms with Crippen molar-refractivity contribution in [2.45, 2.75) is 23.3 Å². The fourth-order valence-electron chi connectivity index (χ4n) is 4.63. The largest absolute Gasteiger partial charge is 0.378 e. The third-order valence-corrected chi connectivity index (χ3v) is 7.81. The van der Waals surface area contributed by atoms with Gasteiger partial charge in [-0.15, -0.1) is 0 Å². The Morgan fingerprint density at radius 3 is 2.61 bits per heavy atom. The van der Waals surface area contributed by atoms with Crippen LogP contribution < -0.4 is 10.0 Å². The van der Waals surface area contributed by atoms with Crippen molar-refractivity contribution < 1.29 is 13.3 Å². The molecule has 0 bridgehead atoms. The predicted octanol–water partition coefficient (Wildman–Crippen LogP) is 5.88. The van der Waals surface area contributed by atoms with Crippen LogP contribution in [0, 0.1) is 16.0 Å². The lowest BCUT2D eigenvalue weighted by molar-refractivity contribution is -0.384. The maximum atomic E-state index is 13.0. The maximum Gasteiger partial charge on any atom is 0.269 e. The molecule has 3 atom stereocenters. The van der Waals surface area contributed by atoms with Crippen LogP contribution in [0.2, 0.25) is 5.02 Å². The highest BCUT2D eigenvalue weighted by Crippen LogP contribution is 2.50. The molecule has 0 saturated heterocycles. The van der Waals surface area contributed by atoms with Crippen LogP contribution in [0.1, 0.15) is 29.5 Å². The molecular formula is C24H20ClN3O4S. The van der Waals surface area contributed by atoms with E-state index in [4.69, 9.17) is 11.6 Å². The number of hydrogen-bond acceptors (Lipinski definition) is 5. The second-order valence-electron chi connectivity index (χ2n) is 8.19. The Balaban J connectivity index is 1.48. The number of allylic oxidation sites excluding steroid dienone is 2. The topological polar surface area (TPSA) is 101 Å². The fourth-order valence-corrected chi connectivity index (χ4v) is 5.85. The molecule has 1 heterocycles. The quantitative estimate of drug-likeness (QED) is 0.269. The van der Waals surface area contributed by atoms with Gasteiger partial charge in [-0.2, -0.15) is 0 Å². The zero-order valence-electron chi connectivity index (χ0n) is 17.3. The lowest BCUT2D eigenvalue weighted by Gasteiger charge is -2.37. The van der Waals surface area contributed by atoms with Crippen molar-refractivity contribution in [2.24, 2.45) is 5.92 Å². The summed E-state index contributed by atoms with van der Waals surface area (Å²) in [5.41, 5.74) is 3.05. The minimum Gasteiger partial charge on any atom is -0.378 e. The molecule has 0 spiro atoms. The van der Waals surface area contributed by atoms with E-state index in [9.17, 15) is 18.5 Å². The van der Waals surface area contributed by atoms with Gasteiger partial charge in [0.25, 0.3) is 15.7 Å². The third-order valence-electron chi connectivity index (χ3n) is 6.18. The van der Waals surface area contributed by atoms with Gasteiger partial charge in [0.2, 0.25) is 0 Å². The summed E-state index contributed by atoms with van der Waals surface area (Å²) < 4.78 is 28.6. The van der Waals surface area contributed by atoms with Crippen LogP contribution in [0.15, 0.2) is 83.8 Å². The zero-order valence-corrected chi connectivity index (χ0v) is 18.9. The van der Waals surface area contributed by atoms with Crippen molar-refractivity contribution in [3.05, 3.63) is 105 Å². The number of sulfonamides is 1. The van der Waals surface area contributed by atoms with Crippen molar-refractivity contribution in [2.75, 3.05) is 10.0 Å². The van der Waals surface area contributed by atoms with Gasteiger partial charge in [0.1, 0.15) is 0 Å². The highest BCUT2D eigenvalue weighted by molar-refractivity contribution is 7.92. The average molecular weight is 482 g/mol. The Kier molecular flexibility index (Phi) is 5.34. The summed E-state index contributed by atoms with van der Waals surface area (Å²) in [5.74, 6) is 0.137. The van der Waals surface area contributed by atoms with E-state index in [0.29, 0.717) is 10.7 Å². The summed E-state index contributed by atoms with van der Waals surface area (Å²) in [7, 11) is -3.79. The number of hydrogen-bond donors (Lipinski definition) is 2. The van der Waals surface area contributed by atoms with Gasteiger partial charge in [-0.05, 0) is 65.9 Å². The van der Waals surface area contributed by atoms with Gasteiger partial charge in [-0.3, -0.25) is 14.8 Å². The molecule has 0 aromatic heterocycles. The highest BCUT2D eigenvalue weighted by atomic mass is 35.5. The van der Waals surface area contributed by atoms with Crippen LogP contribution in [-0.2, 0) is 10.0 Å². The Bertz CT molecular complexity index is 1370. The number of nitrogens with zero attached hydrogens (tertiary/aromatic N) is 1. The van der Waals surface area contributed by atoms with Gasteiger partial charge in [-0.1, -0.05) is 35.9 Å². The van der Waals surface area contributed by atoms with Crippen molar-refractivity contribution in [3.63, 3.8) is 0 Å². The van der Waals surface area contributed by atoms with Crippen molar-refractivity contribution in [3.8, 4) is 0 Å². The normalized spacial score (nSPS) is 21.1. The number of benzene rings is 3. The van der Waals surface area contributed by atoms with Crippen LogP contribution >= 0.6 is 11.6 Å². The van der Waals surface area contributed by atoms with Gasteiger partial charge in [0.05, 0.1) is 15.9 Å². The summed E-state index contributed by atoms with van der Waals surface area (Å²) in [6, 6.07) is 18.0. The van der Waals surface area contributed by atoms with E-state index >= 15 is 0 Å². The molecule has 0 saturated carbocycles. The first kappa shape index (κ1) is 21.5. The number of anilines is 2. The molecule has 33 heavy (non-hydrogen) atoms. The summed E-state index contributed by atoms with van der Waals surface area (Å²) >= 11 is 5.89. The second kappa shape index (κ2) is 8.20. The third kappa shape index (κ3) is 4.07. The second-order valence-corrected chi connectivity index (χ2v) is 10.3. The van der Waals surface area contributed by atoms with Crippen LogP contribution in [0.4, 0.5) is 17.1 Å². The van der Waals surface area contributed by atoms with E-state index in [-0.39, 0.29) is 28.5 Å². The lowest BCUT2D eigenvalue weighted by atomic mass is 9.77. The number of halogens is 1. The van der Waals surface area contributed by atoms with E-state index in [1.54, 1.807) is 54.6 Å². The average Bonchev–Trinajstić information content (AvgIpc) is 3.30. The number of fused-ring (bicyclic) bond motifs is 3. The van der Waals surface area contributed by atoms with Crippen molar-refractivity contribution >= 4 is 38.7 Å². The summed E-state index contributed by atoms with van der Waals surface area (Å²) in [6.45, 7) is 0. The molecule has 1 aliphatic heterocycles. The molecule has 0 unspecified atom stereocenters. The first-order valence-electron chi connectivity index (χ1n) is 10.4. The lowest BCUT2D eigenvalue weighted by Crippen LogP contribution is -2.29. The number of rotatable bonds is 5. The smallest absolute Gasteiger partial charge is 0.269 e. The fraction of sp³-hybridized carbons (Fsp3) is 0.167. The summed E-state index contributed by atoms with van der Waals surface area (Å²) in [5, 5.41) is 15.3. The molecule has 0 amide bonds.